The van der Waals surface area contributed by atoms with Gasteiger partial charge in [-0.1, -0.05) is 27.7 Å². The van der Waals surface area contributed by atoms with Gasteiger partial charge in [0, 0.05) is 6.20 Å². The lowest BCUT2D eigenvalue weighted by molar-refractivity contribution is 0.539. The third kappa shape index (κ3) is 2.83. The molecule has 0 saturated carbocycles. The van der Waals surface area contributed by atoms with Crippen LogP contribution in [0.25, 0.3) is 10.9 Å². The van der Waals surface area contributed by atoms with Crippen LogP contribution in [0.3, 0.4) is 0 Å². The molecular weight excluding hydrogens is 176 g/mol. The fourth-order valence-electron chi connectivity index (χ4n) is 0.928. The summed E-state index contributed by atoms with van der Waals surface area (Å²) < 4.78 is 5.11. The smallest absolute Gasteiger partial charge is 0.127 e. The number of hydrogen-bond donors (Lipinski definition) is 0. The molecule has 2 rings (SSSR count). The summed E-state index contributed by atoms with van der Waals surface area (Å²) in [5, 5.41) is 0.958. The molecule has 0 amide bonds. The van der Waals surface area contributed by atoms with Crippen LogP contribution in [0.15, 0.2) is 23.2 Å². The van der Waals surface area contributed by atoms with E-state index in [-0.39, 0.29) is 0 Å². The van der Waals surface area contributed by atoms with Gasteiger partial charge in [0.1, 0.15) is 23.9 Å². The maximum Gasteiger partial charge on any atom is 0.127 e. The molecule has 0 bridgehead atoms. The summed E-state index contributed by atoms with van der Waals surface area (Å²) in [4.78, 5) is 7.89. The Morgan fingerprint density at radius 1 is 1.14 bits per heavy atom. The molecule has 0 N–H and O–H groups in total. The van der Waals surface area contributed by atoms with Crippen LogP contribution < -0.4 is 0 Å². The number of aromatic nitrogens is 2. The highest BCUT2D eigenvalue weighted by atomic mass is 16.3. The molecule has 0 aliphatic carbocycles. The maximum atomic E-state index is 5.11. The zero-order valence-corrected chi connectivity index (χ0v) is 9.53. The van der Waals surface area contributed by atoms with Crippen molar-refractivity contribution in [2.45, 2.75) is 34.6 Å². The molecule has 0 spiro atoms. The quantitative estimate of drug-likeness (QED) is 0.643. The van der Waals surface area contributed by atoms with Crippen molar-refractivity contribution in [3.8, 4) is 0 Å². The van der Waals surface area contributed by atoms with Crippen molar-refractivity contribution < 1.29 is 4.42 Å². The maximum absolute atomic E-state index is 5.11. The molecule has 2 aromatic rings. The highest BCUT2D eigenvalue weighted by Crippen LogP contribution is 2.14. The molecule has 3 heteroatoms. The third-order valence-electron chi connectivity index (χ3n) is 1.44. The zero-order chi connectivity index (χ0) is 11.0. The molecule has 0 fully saturated rings. The average molecular weight is 194 g/mol. The first-order valence-corrected chi connectivity index (χ1v) is 5.02. The predicted molar refractivity (Wildman–Crippen MR) is 59.2 cm³/mol. The van der Waals surface area contributed by atoms with Gasteiger partial charge in [0.05, 0.1) is 5.39 Å². The molecule has 78 valence electrons. The third-order valence-corrected chi connectivity index (χ3v) is 1.44. The molecule has 0 aliphatic rings. The van der Waals surface area contributed by atoms with E-state index in [4.69, 9.17) is 4.42 Å². The van der Waals surface area contributed by atoms with E-state index in [9.17, 15) is 0 Å². The first kappa shape index (κ1) is 12.6. The van der Waals surface area contributed by atoms with Gasteiger partial charge in [-0.2, -0.15) is 0 Å². The van der Waals surface area contributed by atoms with Crippen molar-refractivity contribution in [1.29, 1.82) is 0 Å². The molecule has 2 heterocycles. The van der Waals surface area contributed by atoms with Crippen molar-refractivity contribution >= 4 is 10.9 Å². The summed E-state index contributed by atoms with van der Waals surface area (Å²) in [5.41, 5.74) is 0.898. The Labute approximate surface area is 85.2 Å². The van der Waals surface area contributed by atoms with Crippen LogP contribution in [0.5, 0.6) is 0 Å². The van der Waals surface area contributed by atoms with Gasteiger partial charge in [0.15, 0.2) is 0 Å². The first-order valence-electron chi connectivity index (χ1n) is 5.02. The van der Waals surface area contributed by atoms with Crippen molar-refractivity contribution in [3.63, 3.8) is 0 Å². The van der Waals surface area contributed by atoms with E-state index in [1.807, 2.05) is 34.6 Å². The Balaban J connectivity index is 0.000000379. The van der Waals surface area contributed by atoms with Crippen LogP contribution in [0.1, 0.15) is 33.5 Å². The van der Waals surface area contributed by atoms with Crippen LogP contribution in [-0.2, 0) is 0 Å². The Bertz CT molecular complexity index is 355. The molecule has 14 heavy (non-hydrogen) atoms. The van der Waals surface area contributed by atoms with Gasteiger partial charge in [-0.3, -0.25) is 0 Å². The summed E-state index contributed by atoms with van der Waals surface area (Å²) in [6, 6.07) is 0. The Hall–Kier alpha value is -1.38. The minimum atomic E-state index is 0.845. The molecule has 0 radical (unpaired) electrons. The van der Waals surface area contributed by atoms with E-state index < -0.39 is 0 Å². The van der Waals surface area contributed by atoms with E-state index in [0.717, 1.165) is 16.7 Å². The molecule has 0 aromatic carbocycles. The number of furan rings is 1. The van der Waals surface area contributed by atoms with Crippen molar-refractivity contribution in [2.24, 2.45) is 0 Å². The Morgan fingerprint density at radius 2 is 1.79 bits per heavy atom. The summed E-state index contributed by atoms with van der Waals surface area (Å²) in [5.74, 6) is 0.845. The number of hydrogen-bond acceptors (Lipinski definition) is 3. The molecule has 0 aliphatic heterocycles. The second kappa shape index (κ2) is 7.06. The number of aryl methyl sites for hydroxylation is 1. The second-order valence-corrected chi connectivity index (χ2v) is 2.12. The van der Waals surface area contributed by atoms with Crippen molar-refractivity contribution in [3.05, 3.63) is 24.5 Å². The summed E-state index contributed by atoms with van der Waals surface area (Å²) in [6.07, 6.45) is 4.91. The second-order valence-electron chi connectivity index (χ2n) is 2.12. The highest BCUT2D eigenvalue weighted by molar-refractivity contribution is 5.78. The molecular formula is C11H18N2O. The van der Waals surface area contributed by atoms with E-state index in [1.165, 1.54) is 6.33 Å². The molecule has 0 atom stereocenters. The van der Waals surface area contributed by atoms with Gasteiger partial charge in [-0.05, 0) is 6.92 Å². The van der Waals surface area contributed by atoms with Gasteiger partial charge >= 0.3 is 0 Å². The SMILES string of the molecule is CC.CC.Cc1occ2cncnc12. The van der Waals surface area contributed by atoms with Crippen molar-refractivity contribution in [1.82, 2.24) is 9.97 Å². The molecule has 2 aromatic heterocycles. The largest absolute Gasteiger partial charge is 0.467 e. The lowest BCUT2D eigenvalue weighted by Gasteiger charge is -1.83. The monoisotopic (exact) mass is 194 g/mol. The minimum Gasteiger partial charge on any atom is -0.467 e. The van der Waals surface area contributed by atoms with E-state index >= 15 is 0 Å². The zero-order valence-electron chi connectivity index (χ0n) is 9.53. The standard InChI is InChI=1S/C7H6N2O.2C2H6/c1-5-7-6(3-10-5)2-8-4-9-7;2*1-2/h2-4H,1H3;2*1-2H3. The van der Waals surface area contributed by atoms with E-state index in [1.54, 1.807) is 12.5 Å². The highest BCUT2D eigenvalue weighted by Gasteiger charge is 1.99. The van der Waals surface area contributed by atoms with E-state index in [2.05, 4.69) is 9.97 Å². The minimum absolute atomic E-state index is 0.845. The van der Waals surface area contributed by atoms with Crippen LogP contribution in [0.2, 0.25) is 0 Å². The van der Waals surface area contributed by atoms with Gasteiger partial charge in [0.25, 0.3) is 0 Å². The Kier molecular flexibility index (Phi) is 6.37. The molecule has 0 saturated heterocycles. The summed E-state index contributed by atoms with van der Waals surface area (Å²) >= 11 is 0. The van der Waals surface area contributed by atoms with Crippen molar-refractivity contribution in [2.75, 3.05) is 0 Å². The fraction of sp³-hybridized carbons (Fsp3) is 0.455. The summed E-state index contributed by atoms with van der Waals surface area (Å²) in [7, 11) is 0. The van der Waals surface area contributed by atoms with Gasteiger partial charge in [-0.25, -0.2) is 9.97 Å². The van der Waals surface area contributed by atoms with Crippen LogP contribution in [0.4, 0.5) is 0 Å². The van der Waals surface area contributed by atoms with Gasteiger partial charge in [-0.15, -0.1) is 0 Å². The van der Waals surface area contributed by atoms with Gasteiger partial charge in [0.2, 0.25) is 0 Å². The topological polar surface area (TPSA) is 38.9 Å². The predicted octanol–water partition coefficient (Wildman–Crippen LogP) is 3.58. The lowest BCUT2D eigenvalue weighted by atomic mass is 10.3. The normalized spacial score (nSPS) is 8.36. The van der Waals surface area contributed by atoms with Crippen LogP contribution in [-0.4, -0.2) is 9.97 Å². The molecule has 0 unspecified atom stereocenters. The van der Waals surface area contributed by atoms with Crippen LogP contribution in [0, 0.1) is 6.92 Å². The van der Waals surface area contributed by atoms with Gasteiger partial charge < -0.3 is 4.42 Å². The number of nitrogens with zero attached hydrogens (tertiary/aromatic N) is 2. The molecule has 3 nitrogen and oxygen atoms in total. The number of rotatable bonds is 0. The lowest BCUT2D eigenvalue weighted by Crippen LogP contribution is -1.76. The average Bonchev–Trinajstić information content (AvgIpc) is 2.67. The Morgan fingerprint density at radius 3 is 2.36 bits per heavy atom. The first-order chi connectivity index (χ1) is 6.88. The number of fused-ring (bicyclic) bond motifs is 1. The summed E-state index contributed by atoms with van der Waals surface area (Å²) in [6.45, 7) is 9.88. The fourth-order valence-corrected chi connectivity index (χ4v) is 0.928. The van der Waals surface area contributed by atoms with Crippen LogP contribution >= 0.6 is 0 Å². The van der Waals surface area contributed by atoms with E-state index in [0.29, 0.717) is 0 Å².